The highest BCUT2D eigenvalue weighted by Crippen LogP contribution is 2.32. The first-order valence-electron chi connectivity index (χ1n) is 4.63. The third-order valence-electron chi connectivity index (χ3n) is 1.89. The van der Waals surface area contributed by atoms with Crippen LogP contribution in [-0.2, 0) is 0 Å². The lowest BCUT2D eigenvalue weighted by Gasteiger charge is -2.09. The molecular weight excluding hydrogens is 200 g/mol. The third kappa shape index (κ3) is 2.54. The Hall–Kier alpha value is -0.900. The Morgan fingerprint density at radius 3 is 2.71 bits per heavy atom. The van der Waals surface area contributed by atoms with Gasteiger partial charge < -0.3 is 9.52 Å². The first kappa shape index (κ1) is 11.2. The van der Waals surface area contributed by atoms with Crippen LogP contribution in [0.1, 0.15) is 41.8 Å². The maximum atomic E-state index is 10.6. The summed E-state index contributed by atoms with van der Waals surface area (Å²) < 4.78 is 5.23. The van der Waals surface area contributed by atoms with Gasteiger partial charge in [-0.15, -0.1) is 0 Å². The Bertz CT molecular complexity index is 306. The van der Waals surface area contributed by atoms with Crippen LogP contribution in [0.15, 0.2) is 16.5 Å². The van der Waals surface area contributed by atoms with Crippen LogP contribution in [0.4, 0.5) is 0 Å². The monoisotopic (exact) mass is 214 g/mol. The average molecular weight is 214 g/mol. The molecule has 78 valence electrons. The van der Waals surface area contributed by atoms with E-state index in [1.54, 1.807) is 17.8 Å². The molecule has 1 N–H and O–H groups in total. The molecular formula is C10H14O3S. The van der Waals surface area contributed by atoms with Crippen molar-refractivity contribution < 1.29 is 14.3 Å². The van der Waals surface area contributed by atoms with Crippen molar-refractivity contribution in [3.8, 4) is 0 Å². The number of hydrogen-bond acceptors (Lipinski definition) is 3. The molecule has 0 aliphatic carbocycles. The minimum Gasteiger partial charge on any atom is -0.475 e. The Balaban J connectivity index is 2.78. The lowest BCUT2D eigenvalue weighted by atomic mass is 10.3. The summed E-state index contributed by atoms with van der Waals surface area (Å²) in [6, 6.07) is 3.26. The Labute approximate surface area is 87.5 Å². The molecule has 0 aliphatic heterocycles. The van der Waals surface area contributed by atoms with Gasteiger partial charge in [-0.1, -0.05) is 13.8 Å². The highest BCUT2D eigenvalue weighted by molar-refractivity contribution is 7.99. The van der Waals surface area contributed by atoms with Gasteiger partial charge in [0.25, 0.3) is 0 Å². The van der Waals surface area contributed by atoms with Crippen LogP contribution < -0.4 is 0 Å². The summed E-state index contributed by atoms with van der Waals surface area (Å²) in [7, 11) is 0. The van der Waals surface area contributed by atoms with E-state index in [2.05, 4.69) is 13.8 Å². The van der Waals surface area contributed by atoms with E-state index in [-0.39, 0.29) is 11.0 Å². The molecule has 0 amide bonds. The molecule has 0 fully saturated rings. The third-order valence-corrected chi connectivity index (χ3v) is 3.19. The maximum absolute atomic E-state index is 10.6. The molecule has 0 bridgehead atoms. The van der Waals surface area contributed by atoms with Crippen molar-refractivity contribution in [2.24, 2.45) is 0 Å². The highest BCUT2D eigenvalue weighted by Gasteiger charge is 2.15. The number of hydrogen-bond donors (Lipinski definition) is 1. The summed E-state index contributed by atoms with van der Waals surface area (Å²) in [6.07, 6.45) is 0.949. The van der Waals surface area contributed by atoms with Gasteiger partial charge in [0.2, 0.25) is 5.76 Å². The molecule has 14 heavy (non-hydrogen) atoms. The summed E-state index contributed by atoms with van der Waals surface area (Å²) in [6.45, 7) is 4.14. The topological polar surface area (TPSA) is 50.4 Å². The van der Waals surface area contributed by atoms with Crippen molar-refractivity contribution in [2.45, 2.75) is 25.5 Å². The van der Waals surface area contributed by atoms with Gasteiger partial charge >= 0.3 is 5.97 Å². The van der Waals surface area contributed by atoms with Crippen LogP contribution in [-0.4, -0.2) is 16.8 Å². The zero-order chi connectivity index (χ0) is 10.6. The molecule has 0 spiro atoms. The summed E-state index contributed by atoms with van der Waals surface area (Å²) in [5.41, 5.74) is 0. The quantitative estimate of drug-likeness (QED) is 0.817. The summed E-state index contributed by atoms with van der Waals surface area (Å²) in [5.74, 6) is 0.779. The molecule has 1 rings (SSSR count). The fraction of sp³-hybridized carbons (Fsp3) is 0.500. The number of thioether (sulfide) groups is 1. The molecule has 1 atom stereocenters. The summed E-state index contributed by atoms with van der Waals surface area (Å²) in [4.78, 5) is 10.6. The molecule has 1 aromatic rings. The first-order chi connectivity index (χ1) is 6.69. The van der Waals surface area contributed by atoms with Gasteiger partial charge in [-0.2, -0.15) is 11.8 Å². The average Bonchev–Trinajstić information content (AvgIpc) is 2.63. The van der Waals surface area contributed by atoms with Gasteiger partial charge in [-0.05, 0) is 24.3 Å². The Morgan fingerprint density at radius 1 is 1.57 bits per heavy atom. The lowest BCUT2D eigenvalue weighted by molar-refractivity contribution is 0.0660. The molecule has 0 aromatic carbocycles. The van der Waals surface area contributed by atoms with Crippen molar-refractivity contribution in [3.05, 3.63) is 23.7 Å². The predicted octanol–water partition coefficient (Wildman–Crippen LogP) is 3.18. The molecule has 0 saturated heterocycles. The zero-order valence-electron chi connectivity index (χ0n) is 8.32. The minimum atomic E-state index is -1.01. The summed E-state index contributed by atoms with van der Waals surface area (Å²) in [5, 5.41) is 8.95. The fourth-order valence-corrected chi connectivity index (χ4v) is 2.17. The van der Waals surface area contributed by atoms with Crippen molar-refractivity contribution in [1.29, 1.82) is 0 Å². The normalized spacial score (nSPS) is 12.7. The number of carboxylic acids is 1. The largest absolute Gasteiger partial charge is 0.475 e. The molecule has 0 aliphatic rings. The van der Waals surface area contributed by atoms with Gasteiger partial charge in [-0.25, -0.2) is 4.79 Å². The number of aromatic carboxylic acids is 1. The molecule has 1 aromatic heterocycles. The molecule has 1 heterocycles. The summed E-state index contributed by atoms with van der Waals surface area (Å²) >= 11 is 1.77. The number of rotatable bonds is 5. The van der Waals surface area contributed by atoms with Crippen LogP contribution >= 0.6 is 11.8 Å². The first-order valence-corrected chi connectivity index (χ1v) is 5.68. The maximum Gasteiger partial charge on any atom is 0.371 e. The van der Waals surface area contributed by atoms with Crippen LogP contribution in [0.3, 0.4) is 0 Å². The van der Waals surface area contributed by atoms with E-state index in [0.29, 0.717) is 0 Å². The van der Waals surface area contributed by atoms with Gasteiger partial charge in [-0.3, -0.25) is 0 Å². The fourth-order valence-electron chi connectivity index (χ4n) is 1.24. The second-order valence-corrected chi connectivity index (χ2v) is 4.34. The molecule has 3 nitrogen and oxygen atoms in total. The SMILES string of the molecule is CCSC(CC)c1ccc(C(=O)O)o1. The number of carboxylic acid groups (broad SMARTS) is 1. The highest BCUT2D eigenvalue weighted by atomic mass is 32.2. The molecule has 1 unspecified atom stereocenters. The molecule has 0 saturated carbocycles. The van der Waals surface area contributed by atoms with E-state index in [1.165, 1.54) is 6.07 Å². The van der Waals surface area contributed by atoms with Crippen LogP contribution in [0.2, 0.25) is 0 Å². The Morgan fingerprint density at radius 2 is 2.29 bits per heavy atom. The smallest absolute Gasteiger partial charge is 0.371 e. The van der Waals surface area contributed by atoms with Gasteiger partial charge in [0.05, 0.1) is 5.25 Å². The minimum absolute atomic E-state index is 0.0233. The second kappa shape index (κ2) is 5.10. The lowest BCUT2D eigenvalue weighted by Crippen LogP contribution is -1.93. The van der Waals surface area contributed by atoms with Crippen LogP contribution in [0.5, 0.6) is 0 Å². The molecule has 4 heteroatoms. The van der Waals surface area contributed by atoms with Crippen molar-refractivity contribution in [3.63, 3.8) is 0 Å². The predicted molar refractivity (Wildman–Crippen MR) is 56.8 cm³/mol. The van der Waals surface area contributed by atoms with E-state index in [4.69, 9.17) is 9.52 Å². The van der Waals surface area contributed by atoms with E-state index < -0.39 is 5.97 Å². The van der Waals surface area contributed by atoms with Gasteiger partial charge in [0.1, 0.15) is 5.76 Å². The van der Waals surface area contributed by atoms with E-state index >= 15 is 0 Å². The van der Waals surface area contributed by atoms with E-state index in [9.17, 15) is 4.79 Å². The van der Waals surface area contributed by atoms with E-state index in [0.717, 1.165) is 17.9 Å². The van der Waals surface area contributed by atoms with E-state index in [1.807, 2.05) is 0 Å². The molecule has 0 radical (unpaired) electrons. The van der Waals surface area contributed by atoms with Crippen LogP contribution in [0.25, 0.3) is 0 Å². The van der Waals surface area contributed by atoms with Crippen LogP contribution in [0, 0.1) is 0 Å². The van der Waals surface area contributed by atoms with Crippen molar-refractivity contribution in [2.75, 3.05) is 5.75 Å². The van der Waals surface area contributed by atoms with Crippen molar-refractivity contribution in [1.82, 2.24) is 0 Å². The van der Waals surface area contributed by atoms with Gasteiger partial charge in [0, 0.05) is 0 Å². The Kier molecular flexibility index (Phi) is 4.07. The van der Waals surface area contributed by atoms with Crippen molar-refractivity contribution >= 4 is 17.7 Å². The van der Waals surface area contributed by atoms with Gasteiger partial charge in [0.15, 0.2) is 0 Å². The second-order valence-electron chi connectivity index (χ2n) is 2.86. The number of carbonyl (C=O) groups is 1. The zero-order valence-corrected chi connectivity index (χ0v) is 9.13. The number of furan rings is 1. The standard InChI is InChI=1S/C10H14O3S/c1-3-9(14-4-2)7-5-6-8(13-7)10(11)12/h5-6,9H,3-4H2,1-2H3,(H,11,12).